The molecule has 4 rings (SSSR count). The van der Waals surface area contributed by atoms with Crippen LogP contribution in [0.2, 0.25) is 10.0 Å². The molecule has 0 aliphatic carbocycles. The van der Waals surface area contributed by atoms with E-state index in [1.54, 1.807) is 29.3 Å². The Morgan fingerprint density at radius 2 is 1.97 bits per heavy atom. The Kier molecular flexibility index (Phi) is 6.68. The second-order valence-electron chi connectivity index (χ2n) is 7.72. The van der Waals surface area contributed by atoms with E-state index in [2.05, 4.69) is 4.98 Å². The van der Waals surface area contributed by atoms with Crippen LogP contribution in [0.3, 0.4) is 0 Å². The number of aromatic nitrogens is 2. The third kappa shape index (κ3) is 4.72. The molecule has 3 heterocycles. The van der Waals surface area contributed by atoms with Crippen LogP contribution in [0.15, 0.2) is 46.9 Å². The SMILES string of the molecule is Cc1cccn2c(=O)c(/C=C(\C#N)C(=O)N3CCCCC3)c(Oc3ccc(Cl)cc3Cl)nc12. The number of nitrogens with zero attached hydrogens (tertiary/aromatic N) is 4. The maximum absolute atomic E-state index is 13.4. The molecule has 1 aromatic carbocycles. The van der Waals surface area contributed by atoms with Gasteiger partial charge in [0.05, 0.1) is 5.02 Å². The van der Waals surface area contributed by atoms with Crippen molar-refractivity contribution in [2.75, 3.05) is 13.1 Å². The lowest BCUT2D eigenvalue weighted by Gasteiger charge is -2.26. The Bertz CT molecular complexity index is 1370. The smallest absolute Gasteiger partial charge is 0.269 e. The first-order chi connectivity index (χ1) is 15.9. The third-order valence-electron chi connectivity index (χ3n) is 5.43. The molecule has 1 aliphatic heterocycles. The van der Waals surface area contributed by atoms with Crippen molar-refractivity contribution >= 4 is 40.8 Å². The summed E-state index contributed by atoms with van der Waals surface area (Å²) in [4.78, 5) is 32.5. The molecule has 0 spiro atoms. The van der Waals surface area contributed by atoms with E-state index in [0.29, 0.717) is 23.8 Å². The molecule has 7 nitrogen and oxygen atoms in total. The number of fused-ring (bicyclic) bond motifs is 1. The highest BCUT2D eigenvalue weighted by Crippen LogP contribution is 2.32. The normalized spacial score (nSPS) is 14.2. The summed E-state index contributed by atoms with van der Waals surface area (Å²) < 4.78 is 7.27. The van der Waals surface area contributed by atoms with E-state index in [1.807, 2.05) is 19.1 Å². The number of pyridine rings is 1. The minimum Gasteiger partial charge on any atom is -0.437 e. The van der Waals surface area contributed by atoms with Crippen LogP contribution in [0.4, 0.5) is 0 Å². The van der Waals surface area contributed by atoms with Crippen LogP contribution in [0.1, 0.15) is 30.4 Å². The van der Waals surface area contributed by atoms with Crippen LogP contribution in [0, 0.1) is 18.3 Å². The monoisotopic (exact) mass is 482 g/mol. The van der Waals surface area contributed by atoms with Crippen LogP contribution in [-0.2, 0) is 4.79 Å². The molecule has 0 bridgehead atoms. The molecule has 0 N–H and O–H groups in total. The predicted molar refractivity (Wildman–Crippen MR) is 127 cm³/mol. The van der Waals surface area contributed by atoms with Crippen molar-refractivity contribution in [1.82, 2.24) is 14.3 Å². The molecule has 0 radical (unpaired) electrons. The number of hydrogen-bond donors (Lipinski definition) is 0. The molecule has 0 atom stereocenters. The second-order valence-corrected chi connectivity index (χ2v) is 8.56. The van der Waals surface area contributed by atoms with Gasteiger partial charge in [-0.2, -0.15) is 10.2 Å². The lowest BCUT2D eigenvalue weighted by molar-refractivity contribution is -0.127. The van der Waals surface area contributed by atoms with Gasteiger partial charge in [0.1, 0.15) is 28.6 Å². The fraction of sp³-hybridized carbons (Fsp3) is 0.250. The first kappa shape index (κ1) is 22.8. The van der Waals surface area contributed by atoms with Crippen LogP contribution in [-0.4, -0.2) is 33.3 Å². The van der Waals surface area contributed by atoms with Gasteiger partial charge in [-0.3, -0.25) is 14.0 Å². The average Bonchev–Trinajstić information content (AvgIpc) is 2.81. The molecule has 33 heavy (non-hydrogen) atoms. The fourth-order valence-electron chi connectivity index (χ4n) is 3.71. The van der Waals surface area contributed by atoms with Crippen molar-refractivity contribution in [3.05, 3.63) is 73.6 Å². The Labute approximate surface area is 200 Å². The van der Waals surface area contributed by atoms with Gasteiger partial charge in [-0.05, 0) is 62.1 Å². The minimum atomic E-state index is -0.469. The highest BCUT2D eigenvalue weighted by atomic mass is 35.5. The molecule has 2 aromatic heterocycles. The van der Waals surface area contributed by atoms with Crippen molar-refractivity contribution in [3.8, 4) is 17.7 Å². The van der Waals surface area contributed by atoms with E-state index >= 15 is 0 Å². The summed E-state index contributed by atoms with van der Waals surface area (Å²) in [6, 6.07) is 10.1. The number of halogens is 2. The van der Waals surface area contributed by atoms with E-state index in [9.17, 15) is 14.9 Å². The zero-order valence-corrected chi connectivity index (χ0v) is 19.4. The first-order valence-electron chi connectivity index (χ1n) is 10.4. The van der Waals surface area contributed by atoms with Gasteiger partial charge in [-0.15, -0.1) is 0 Å². The average molecular weight is 483 g/mol. The summed E-state index contributed by atoms with van der Waals surface area (Å²) in [5.41, 5.74) is 0.493. The number of nitriles is 1. The summed E-state index contributed by atoms with van der Waals surface area (Å²) in [6.07, 6.45) is 5.64. The van der Waals surface area contributed by atoms with Crippen LogP contribution >= 0.6 is 23.2 Å². The number of ether oxygens (including phenoxy) is 1. The number of piperidine rings is 1. The maximum atomic E-state index is 13.4. The third-order valence-corrected chi connectivity index (χ3v) is 5.96. The standard InChI is InChI=1S/C24H20Cl2N4O3/c1-15-6-5-11-30-21(15)28-22(33-20-8-7-17(25)13-19(20)26)18(24(30)32)12-16(14-27)23(31)29-9-3-2-4-10-29/h5-8,11-13H,2-4,9-10H2,1H3/b16-12+. The zero-order chi connectivity index (χ0) is 23.5. The van der Waals surface area contributed by atoms with Gasteiger partial charge in [0.2, 0.25) is 5.88 Å². The van der Waals surface area contributed by atoms with Gasteiger partial charge in [0, 0.05) is 24.3 Å². The lowest BCUT2D eigenvalue weighted by atomic mass is 10.1. The second kappa shape index (κ2) is 9.65. The number of amides is 1. The molecule has 3 aromatic rings. The van der Waals surface area contributed by atoms with Crippen LogP contribution < -0.4 is 10.3 Å². The Morgan fingerprint density at radius 3 is 2.67 bits per heavy atom. The summed E-state index contributed by atoms with van der Waals surface area (Å²) in [5, 5.41) is 10.4. The van der Waals surface area contributed by atoms with Crippen LogP contribution in [0.25, 0.3) is 11.7 Å². The fourth-order valence-corrected chi connectivity index (χ4v) is 4.16. The zero-order valence-electron chi connectivity index (χ0n) is 17.8. The number of carbonyl (C=O) groups excluding carboxylic acids is 1. The van der Waals surface area contributed by atoms with Crippen LogP contribution in [0.5, 0.6) is 11.6 Å². The summed E-state index contributed by atoms with van der Waals surface area (Å²) >= 11 is 12.2. The molecule has 1 saturated heterocycles. The van der Waals surface area contributed by atoms with E-state index < -0.39 is 11.5 Å². The highest BCUT2D eigenvalue weighted by Gasteiger charge is 2.23. The van der Waals surface area contributed by atoms with E-state index in [4.69, 9.17) is 27.9 Å². The number of carbonyl (C=O) groups is 1. The van der Waals surface area contributed by atoms with E-state index in [1.165, 1.54) is 16.5 Å². The number of likely N-dealkylation sites (tertiary alicyclic amines) is 1. The molecule has 1 fully saturated rings. The Hall–Kier alpha value is -3.34. The van der Waals surface area contributed by atoms with Gasteiger partial charge >= 0.3 is 0 Å². The van der Waals surface area contributed by atoms with Gasteiger partial charge < -0.3 is 9.64 Å². The van der Waals surface area contributed by atoms with Crippen molar-refractivity contribution in [2.45, 2.75) is 26.2 Å². The molecule has 0 saturated carbocycles. The summed E-state index contributed by atoms with van der Waals surface area (Å²) in [5.74, 6) is -0.236. The van der Waals surface area contributed by atoms with Gasteiger partial charge in [0.25, 0.3) is 11.5 Å². The number of rotatable bonds is 4. The minimum absolute atomic E-state index is 0.0222. The topological polar surface area (TPSA) is 87.7 Å². The molecule has 168 valence electrons. The maximum Gasteiger partial charge on any atom is 0.269 e. The number of benzene rings is 1. The van der Waals surface area contributed by atoms with E-state index in [0.717, 1.165) is 24.8 Å². The predicted octanol–water partition coefficient (Wildman–Crippen LogP) is 5.02. The molecule has 1 amide bonds. The molecule has 9 heteroatoms. The first-order valence-corrected chi connectivity index (χ1v) is 11.2. The quantitative estimate of drug-likeness (QED) is 0.384. The van der Waals surface area contributed by atoms with Crippen molar-refractivity contribution in [3.63, 3.8) is 0 Å². The molecule has 1 aliphatic rings. The van der Waals surface area contributed by atoms with Crippen molar-refractivity contribution in [1.29, 1.82) is 5.26 Å². The summed E-state index contributed by atoms with van der Waals surface area (Å²) in [6.45, 7) is 2.97. The molecule has 0 unspecified atom stereocenters. The van der Waals surface area contributed by atoms with Gasteiger partial charge in [-0.25, -0.2) is 0 Å². The van der Waals surface area contributed by atoms with Gasteiger partial charge in [-0.1, -0.05) is 29.3 Å². The largest absolute Gasteiger partial charge is 0.437 e. The lowest BCUT2D eigenvalue weighted by Crippen LogP contribution is -2.36. The molecular formula is C24H20Cl2N4O3. The highest BCUT2D eigenvalue weighted by molar-refractivity contribution is 6.35. The molecular weight excluding hydrogens is 463 g/mol. The number of aryl methyl sites for hydroxylation is 1. The van der Waals surface area contributed by atoms with Crippen molar-refractivity contribution < 1.29 is 9.53 Å². The van der Waals surface area contributed by atoms with Gasteiger partial charge in [0.15, 0.2) is 0 Å². The number of hydrogen-bond acceptors (Lipinski definition) is 5. The van der Waals surface area contributed by atoms with E-state index in [-0.39, 0.29) is 27.8 Å². The summed E-state index contributed by atoms with van der Waals surface area (Å²) in [7, 11) is 0. The Balaban J connectivity index is 1.88. The Morgan fingerprint density at radius 1 is 1.21 bits per heavy atom. The van der Waals surface area contributed by atoms with Crippen molar-refractivity contribution in [2.24, 2.45) is 0 Å².